The molecule has 0 aromatic carbocycles. The molecule has 0 aliphatic heterocycles. The summed E-state index contributed by atoms with van der Waals surface area (Å²) in [6.45, 7) is -0.0475. The molecule has 2 atom stereocenters. The lowest BCUT2D eigenvalue weighted by molar-refractivity contribution is -0.141. The normalized spacial score (nSPS) is 24.6. The van der Waals surface area contributed by atoms with E-state index in [-0.39, 0.29) is 18.4 Å². The molecule has 1 N–H and O–H groups in total. The number of ether oxygens (including phenoxy) is 1. The Morgan fingerprint density at radius 3 is 2.80 bits per heavy atom. The highest BCUT2D eigenvalue weighted by Crippen LogP contribution is 2.29. The van der Waals surface area contributed by atoms with E-state index in [9.17, 15) is 9.59 Å². The topological polar surface area (TPSA) is 55.4 Å². The minimum Gasteiger partial charge on any atom is -0.468 e. The van der Waals surface area contributed by atoms with Gasteiger partial charge in [0.25, 0.3) is 0 Å². The van der Waals surface area contributed by atoms with Gasteiger partial charge in [-0.1, -0.05) is 12.2 Å². The first-order valence-electron chi connectivity index (χ1n) is 4.97. The zero-order chi connectivity index (χ0) is 11.3. The smallest absolute Gasteiger partial charge is 0.325 e. The third kappa shape index (κ3) is 3.58. The number of rotatable bonds is 4. The van der Waals surface area contributed by atoms with Gasteiger partial charge < -0.3 is 10.1 Å². The Hall–Kier alpha value is -0.970. The van der Waals surface area contributed by atoms with Gasteiger partial charge in [-0.3, -0.25) is 9.59 Å². The molecule has 0 heterocycles. The Kier molecular flexibility index (Phi) is 4.68. The van der Waals surface area contributed by atoms with Crippen LogP contribution in [0.1, 0.15) is 19.3 Å². The molecular weight excluding hydrogens is 214 g/mol. The van der Waals surface area contributed by atoms with Crippen LogP contribution in [0.2, 0.25) is 0 Å². The van der Waals surface area contributed by atoms with Crippen molar-refractivity contribution in [1.82, 2.24) is 5.32 Å². The molecule has 5 heteroatoms. The van der Waals surface area contributed by atoms with Gasteiger partial charge in [-0.15, -0.1) is 0 Å². The summed E-state index contributed by atoms with van der Waals surface area (Å²) < 4.78 is 4.43. The van der Waals surface area contributed by atoms with Gasteiger partial charge in [-0.05, 0) is 30.5 Å². The molecule has 84 valence electrons. The van der Waals surface area contributed by atoms with Gasteiger partial charge in [0.15, 0.2) is 0 Å². The Balaban J connectivity index is 2.29. The van der Waals surface area contributed by atoms with Gasteiger partial charge in [0, 0.05) is 5.92 Å². The van der Waals surface area contributed by atoms with Crippen molar-refractivity contribution < 1.29 is 14.3 Å². The molecule has 4 nitrogen and oxygen atoms in total. The zero-order valence-corrected chi connectivity index (χ0v) is 9.51. The van der Waals surface area contributed by atoms with Gasteiger partial charge in [0.2, 0.25) is 5.91 Å². The first kappa shape index (κ1) is 12.1. The van der Waals surface area contributed by atoms with Crippen LogP contribution in [0, 0.1) is 11.8 Å². The molecule has 0 aromatic rings. The van der Waals surface area contributed by atoms with E-state index in [1.807, 2.05) is 0 Å². The fourth-order valence-electron chi connectivity index (χ4n) is 1.75. The number of esters is 1. The monoisotopic (exact) mass is 229 g/mol. The maximum absolute atomic E-state index is 11.6. The first-order chi connectivity index (χ1) is 7.17. The molecule has 0 radical (unpaired) electrons. The summed E-state index contributed by atoms with van der Waals surface area (Å²) >= 11 is 4.85. The number of hydrogen-bond acceptors (Lipinski definition) is 4. The van der Waals surface area contributed by atoms with E-state index < -0.39 is 5.97 Å². The fourth-order valence-corrected chi connectivity index (χ4v) is 2.00. The van der Waals surface area contributed by atoms with E-state index in [2.05, 4.69) is 10.1 Å². The van der Waals surface area contributed by atoms with Crippen LogP contribution in [0.4, 0.5) is 0 Å². The summed E-state index contributed by atoms with van der Waals surface area (Å²) in [5.74, 6) is -0.125. The van der Waals surface area contributed by atoms with E-state index in [0.717, 1.165) is 19.3 Å². The molecular formula is C10H15NO3S. The second kappa shape index (κ2) is 5.80. The highest BCUT2D eigenvalue weighted by molar-refractivity contribution is 7.79. The molecule has 0 aromatic heterocycles. The molecule has 1 aliphatic carbocycles. The SMILES string of the molecule is COC(=O)CNC(=O)[C@H]1CC[C@@H](C=S)C1. The van der Waals surface area contributed by atoms with Crippen molar-refractivity contribution in [2.45, 2.75) is 19.3 Å². The van der Waals surface area contributed by atoms with Crippen LogP contribution >= 0.6 is 12.2 Å². The maximum Gasteiger partial charge on any atom is 0.325 e. The molecule has 1 fully saturated rings. The molecule has 0 unspecified atom stereocenters. The second-order valence-corrected chi connectivity index (χ2v) is 3.97. The van der Waals surface area contributed by atoms with Crippen molar-refractivity contribution in [3.8, 4) is 0 Å². The van der Waals surface area contributed by atoms with Gasteiger partial charge in [0.1, 0.15) is 6.54 Å². The Labute approximate surface area is 94.4 Å². The summed E-state index contributed by atoms with van der Waals surface area (Å²) in [7, 11) is 1.30. The molecule has 1 amide bonds. The van der Waals surface area contributed by atoms with Crippen molar-refractivity contribution in [2.75, 3.05) is 13.7 Å². The summed E-state index contributed by atoms with van der Waals surface area (Å²) in [6.07, 6.45) is 2.63. The van der Waals surface area contributed by atoms with Gasteiger partial charge in [0.05, 0.1) is 7.11 Å². The van der Waals surface area contributed by atoms with Crippen LogP contribution in [0.3, 0.4) is 0 Å². The predicted octanol–water partition coefficient (Wildman–Crippen LogP) is 0.692. The molecule has 1 rings (SSSR count). The van der Waals surface area contributed by atoms with Crippen molar-refractivity contribution >= 4 is 29.5 Å². The standard InChI is InChI=1S/C10H15NO3S/c1-14-9(12)5-11-10(13)8-3-2-7(4-8)6-15/h6-8H,2-5H2,1H3,(H,11,13)/t7-,8+/m1/s1. The van der Waals surface area contributed by atoms with E-state index in [0.29, 0.717) is 5.92 Å². The minimum absolute atomic E-state index is 0.00106. The summed E-state index contributed by atoms with van der Waals surface area (Å²) in [6, 6.07) is 0. The Bertz CT molecular complexity index is 267. The van der Waals surface area contributed by atoms with Crippen molar-refractivity contribution in [2.24, 2.45) is 11.8 Å². The van der Waals surface area contributed by atoms with E-state index >= 15 is 0 Å². The van der Waals surface area contributed by atoms with Crippen LogP contribution in [0.15, 0.2) is 0 Å². The third-order valence-electron chi connectivity index (χ3n) is 2.67. The lowest BCUT2D eigenvalue weighted by Crippen LogP contribution is -2.34. The molecule has 1 aliphatic rings. The van der Waals surface area contributed by atoms with Crippen LogP contribution in [0.5, 0.6) is 0 Å². The average Bonchev–Trinajstić information content (AvgIpc) is 2.73. The van der Waals surface area contributed by atoms with Crippen LogP contribution in [-0.4, -0.2) is 30.9 Å². The second-order valence-electron chi connectivity index (χ2n) is 3.70. The molecule has 0 saturated heterocycles. The van der Waals surface area contributed by atoms with Gasteiger partial charge >= 0.3 is 5.97 Å². The maximum atomic E-state index is 11.6. The van der Waals surface area contributed by atoms with Crippen molar-refractivity contribution in [1.29, 1.82) is 0 Å². The highest BCUT2D eigenvalue weighted by atomic mass is 32.1. The summed E-state index contributed by atoms with van der Waals surface area (Å²) in [4.78, 5) is 22.4. The number of amides is 1. The number of methoxy groups -OCH3 is 1. The highest BCUT2D eigenvalue weighted by Gasteiger charge is 2.28. The zero-order valence-electron chi connectivity index (χ0n) is 8.69. The molecule has 0 spiro atoms. The number of thiocarbonyl (C=S) groups is 1. The van der Waals surface area contributed by atoms with E-state index in [1.54, 1.807) is 5.37 Å². The number of nitrogens with one attached hydrogen (secondary N) is 1. The van der Waals surface area contributed by atoms with Crippen molar-refractivity contribution in [3.05, 3.63) is 0 Å². The Morgan fingerprint density at radius 1 is 1.53 bits per heavy atom. The summed E-state index contributed by atoms with van der Waals surface area (Å²) in [5, 5.41) is 4.29. The number of hydrogen-bond donors (Lipinski definition) is 1. The van der Waals surface area contributed by atoms with Crippen LogP contribution in [-0.2, 0) is 14.3 Å². The number of carbonyl (C=O) groups is 2. The molecule has 1 saturated carbocycles. The molecule has 15 heavy (non-hydrogen) atoms. The lowest BCUT2D eigenvalue weighted by atomic mass is 10.1. The van der Waals surface area contributed by atoms with Crippen LogP contribution < -0.4 is 5.32 Å². The number of carbonyl (C=O) groups excluding carboxylic acids is 2. The van der Waals surface area contributed by atoms with E-state index in [4.69, 9.17) is 12.2 Å². The average molecular weight is 229 g/mol. The van der Waals surface area contributed by atoms with Gasteiger partial charge in [-0.2, -0.15) is 0 Å². The largest absolute Gasteiger partial charge is 0.468 e. The third-order valence-corrected chi connectivity index (χ3v) is 3.06. The summed E-state index contributed by atoms with van der Waals surface area (Å²) in [5.41, 5.74) is 0. The van der Waals surface area contributed by atoms with E-state index in [1.165, 1.54) is 7.11 Å². The first-order valence-corrected chi connectivity index (χ1v) is 5.44. The van der Waals surface area contributed by atoms with Crippen LogP contribution in [0.25, 0.3) is 0 Å². The quantitative estimate of drug-likeness (QED) is 0.569. The van der Waals surface area contributed by atoms with Crippen molar-refractivity contribution in [3.63, 3.8) is 0 Å². The predicted molar refractivity (Wildman–Crippen MR) is 59.5 cm³/mol. The Morgan fingerprint density at radius 2 is 2.27 bits per heavy atom. The fraction of sp³-hybridized carbons (Fsp3) is 0.700. The molecule has 0 bridgehead atoms. The minimum atomic E-state index is -0.423. The lowest BCUT2D eigenvalue weighted by Gasteiger charge is -2.09. The van der Waals surface area contributed by atoms with Gasteiger partial charge in [-0.25, -0.2) is 0 Å².